The molecule has 2 nitrogen and oxygen atoms in total. The zero-order valence-corrected chi connectivity index (χ0v) is 6.22. The first kappa shape index (κ1) is 7.22. The molecule has 0 aromatic heterocycles. The Hall–Kier alpha value is -0.890. The maximum atomic E-state index is 10.6. The van der Waals surface area contributed by atoms with Gasteiger partial charge in [-0.1, -0.05) is 17.7 Å². The van der Waals surface area contributed by atoms with Gasteiger partial charge in [0.25, 0.3) is 0 Å². The average molecular weight is 137 g/mol. The van der Waals surface area contributed by atoms with Gasteiger partial charge < -0.3 is 5.73 Å². The van der Waals surface area contributed by atoms with Gasteiger partial charge in [-0.2, -0.15) is 0 Å². The number of rotatable bonds is 1. The SMILES string of the molecule is C/C=C(C)\C=C1\C(=O)C1N. The molecule has 0 amide bonds. The summed E-state index contributed by atoms with van der Waals surface area (Å²) in [4.78, 5) is 10.6. The zero-order valence-electron chi connectivity index (χ0n) is 6.22. The van der Waals surface area contributed by atoms with Crippen molar-refractivity contribution in [2.24, 2.45) is 5.73 Å². The predicted molar refractivity (Wildman–Crippen MR) is 40.5 cm³/mol. The molecule has 54 valence electrons. The molecule has 0 aromatic rings. The summed E-state index contributed by atoms with van der Waals surface area (Å²) in [5.41, 5.74) is 7.22. The van der Waals surface area contributed by atoms with E-state index in [-0.39, 0.29) is 11.8 Å². The molecule has 10 heavy (non-hydrogen) atoms. The third kappa shape index (κ3) is 1.16. The van der Waals surface area contributed by atoms with Crippen molar-refractivity contribution < 1.29 is 4.79 Å². The summed E-state index contributed by atoms with van der Waals surface area (Å²) < 4.78 is 0. The molecule has 1 fully saturated rings. The molecule has 1 aliphatic rings. The van der Waals surface area contributed by atoms with Crippen molar-refractivity contribution in [2.45, 2.75) is 19.9 Å². The van der Waals surface area contributed by atoms with E-state index in [2.05, 4.69) is 0 Å². The van der Waals surface area contributed by atoms with Gasteiger partial charge in [0.1, 0.15) is 0 Å². The molecule has 0 bridgehead atoms. The number of nitrogens with two attached hydrogens (primary N) is 1. The number of hydrogen-bond donors (Lipinski definition) is 1. The van der Waals surface area contributed by atoms with Crippen LogP contribution in [0.2, 0.25) is 0 Å². The summed E-state index contributed by atoms with van der Waals surface area (Å²) in [6, 6.07) is -0.296. The number of hydrogen-bond acceptors (Lipinski definition) is 2. The second-order valence-electron chi connectivity index (χ2n) is 2.47. The fourth-order valence-corrected chi connectivity index (χ4v) is 0.725. The Morgan fingerprint density at radius 3 is 2.50 bits per heavy atom. The summed E-state index contributed by atoms with van der Waals surface area (Å²) in [5.74, 6) is 0.0844. The molecule has 2 N–H and O–H groups in total. The van der Waals surface area contributed by atoms with Crippen LogP contribution in [-0.4, -0.2) is 11.8 Å². The maximum absolute atomic E-state index is 10.6. The molecule has 1 aliphatic carbocycles. The third-order valence-corrected chi connectivity index (χ3v) is 1.66. The van der Waals surface area contributed by atoms with E-state index in [0.717, 1.165) is 11.1 Å². The normalized spacial score (nSPS) is 29.5. The van der Waals surface area contributed by atoms with E-state index in [1.165, 1.54) is 0 Å². The molecular formula is C8H11NO. The van der Waals surface area contributed by atoms with Crippen LogP contribution in [-0.2, 0) is 4.79 Å². The van der Waals surface area contributed by atoms with Crippen LogP contribution in [0, 0.1) is 0 Å². The molecule has 1 atom stereocenters. The van der Waals surface area contributed by atoms with Gasteiger partial charge in [-0.05, 0) is 13.8 Å². The number of carbonyl (C=O) groups is 1. The lowest BCUT2D eigenvalue weighted by molar-refractivity contribution is -0.109. The highest BCUT2D eigenvalue weighted by molar-refractivity contribution is 6.20. The molecule has 1 rings (SSSR count). The molecule has 0 aliphatic heterocycles. The van der Waals surface area contributed by atoms with Gasteiger partial charge in [0.2, 0.25) is 0 Å². The minimum atomic E-state index is -0.296. The van der Waals surface area contributed by atoms with Gasteiger partial charge in [0, 0.05) is 5.57 Å². The fourth-order valence-electron chi connectivity index (χ4n) is 0.725. The van der Waals surface area contributed by atoms with Crippen LogP contribution in [0.3, 0.4) is 0 Å². The Morgan fingerprint density at radius 1 is 1.70 bits per heavy atom. The minimum Gasteiger partial charge on any atom is -0.317 e. The van der Waals surface area contributed by atoms with Crippen LogP contribution in [0.15, 0.2) is 23.3 Å². The minimum absolute atomic E-state index is 0.0844. The molecular weight excluding hydrogens is 126 g/mol. The van der Waals surface area contributed by atoms with Gasteiger partial charge in [0.05, 0.1) is 6.04 Å². The quantitative estimate of drug-likeness (QED) is 0.543. The Balaban J connectivity index is 2.69. The lowest BCUT2D eigenvalue weighted by Crippen LogP contribution is -2.00. The molecule has 0 aromatic carbocycles. The highest BCUT2D eigenvalue weighted by Crippen LogP contribution is 2.22. The summed E-state index contributed by atoms with van der Waals surface area (Å²) in [6.45, 7) is 3.89. The van der Waals surface area contributed by atoms with Crippen LogP contribution in [0.1, 0.15) is 13.8 Å². The molecule has 1 unspecified atom stereocenters. The van der Waals surface area contributed by atoms with Crippen molar-refractivity contribution in [3.8, 4) is 0 Å². The van der Waals surface area contributed by atoms with Gasteiger partial charge in [-0.25, -0.2) is 0 Å². The largest absolute Gasteiger partial charge is 0.317 e. The molecule has 2 heteroatoms. The van der Waals surface area contributed by atoms with Gasteiger partial charge in [-0.15, -0.1) is 0 Å². The molecule has 0 radical (unpaired) electrons. The first-order chi connectivity index (χ1) is 4.66. The van der Waals surface area contributed by atoms with Crippen LogP contribution >= 0.6 is 0 Å². The maximum Gasteiger partial charge on any atom is 0.182 e. The highest BCUT2D eigenvalue weighted by Gasteiger charge is 2.38. The van der Waals surface area contributed by atoms with Crippen LogP contribution < -0.4 is 5.73 Å². The number of allylic oxidation sites excluding steroid dienone is 3. The van der Waals surface area contributed by atoms with Crippen molar-refractivity contribution in [1.29, 1.82) is 0 Å². The van der Waals surface area contributed by atoms with E-state index in [4.69, 9.17) is 5.73 Å². The lowest BCUT2D eigenvalue weighted by Gasteiger charge is -1.82. The van der Waals surface area contributed by atoms with E-state index in [1.54, 1.807) is 0 Å². The molecule has 0 heterocycles. The predicted octanol–water partition coefficient (Wildman–Crippen LogP) is 0.789. The molecule has 0 spiro atoms. The van der Waals surface area contributed by atoms with Crippen molar-refractivity contribution in [2.75, 3.05) is 0 Å². The fraction of sp³-hybridized carbons (Fsp3) is 0.375. The topological polar surface area (TPSA) is 43.1 Å². The lowest BCUT2D eigenvalue weighted by atomic mass is 10.2. The Morgan fingerprint density at radius 2 is 2.20 bits per heavy atom. The van der Waals surface area contributed by atoms with Gasteiger partial charge in [0.15, 0.2) is 5.78 Å². The van der Waals surface area contributed by atoms with Crippen LogP contribution in [0.5, 0.6) is 0 Å². The summed E-state index contributed by atoms with van der Waals surface area (Å²) in [5, 5.41) is 0. The number of carbonyl (C=O) groups excluding carboxylic acids is 1. The Kier molecular flexibility index (Phi) is 1.72. The van der Waals surface area contributed by atoms with Gasteiger partial charge >= 0.3 is 0 Å². The molecule has 1 saturated carbocycles. The van der Waals surface area contributed by atoms with E-state index < -0.39 is 0 Å². The second kappa shape index (κ2) is 2.39. The van der Waals surface area contributed by atoms with Gasteiger partial charge in [-0.3, -0.25) is 4.79 Å². The average Bonchev–Trinajstić information content (AvgIpc) is 2.45. The van der Waals surface area contributed by atoms with Crippen molar-refractivity contribution in [3.05, 3.63) is 23.3 Å². The van der Waals surface area contributed by atoms with E-state index in [0.29, 0.717) is 0 Å². The smallest absolute Gasteiger partial charge is 0.182 e. The zero-order chi connectivity index (χ0) is 7.72. The van der Waals surface area contributed by atoms with Crippen molar-refractivity contribution >= 4 is 5.78 Å². The van der Waals surface area contributed by atoms with Crippen LogP contribution in [0.4, 0.5) is 0 Å². The standard InChI is InChI=1S/C8H11NO/c1-3-5(2)4-6-7(9)8(6)10/h3-4,7H,9H2,1-2H3/b5-3-,6-4+. The highest BCUT2D eigenvalue weighted by atomic mass is 16.1. The number of ketones is 1. The first-order valence-electron chi connectivity index (χ1n) is 3.31. The van der Waals surface area contributed by atoms with E-state index >= 15 is 0 Å². The Bertz CT molecular complexity index is 225. The summed E-state index contributed by atoms with van der Waals surface area (Å²) in [6.07, 6.45) is 3.79. The van der Waals surface area contributed by atoms with Crippen molar-refractivity contribution in [3.63, 3.8) is 0 Å². The second-order valence-corrected chi connectivity index (χ2v) is 2.47. The molecule has 0 saturated heterocycles. The van der Waals surface area contributed by atoms with E-state index in [1.807, 2.05) is 26.0 Å². The third-order valence-electron chi connectivity index (χ3n) is 1.66. The summed E-state index contributed by atoms with van der Waals surface area (Å²) >= 11 is 0. The van der Waals surface area contributed by atoms with Crippen molar-refractivity contribution in [1.82, 2.24) is 0 Å². The monoisotopic (exact) mass is 137 g/mol. The van der Waals surface area contributed by atoms with E-state index in [9.17, 15) is 4.79 Å². The van der Waals surface area contributed by atoms with Crippen LogP contribution in [0.25, 0.3) is 0 Å². The Labute approximate surface area is 60.4 Å². The summed E-state index contributed by atoms with van der Waals surface area (Å²) in [7, 11) is 0. The first-order valence-corrected chi connectivity index (χ1v) is 3.31. The number of Topliss-reactive ketones (excluding diaryl/α,β-unsaturated/α-hetero) is 1.